The number of nitrogens with two attached hydrogens (primary N) is 1. The monoisotopic (exact) mass is 193 g/mol. The Bertz CT molecular complexity index is 346. The molecule has 2 N–H and O–H groups in total. The summed E-state index contributed by atoms with van der Waals surface area (Å²) in [5.74, 6) is 0.545. The van der Waals surface area contributed by atoms with Gasteiger partial charge < -0.3 is 5.73 Å². The molecule has 1 fully saturated rings. The molecule has 1 saturated carbocycles. The van der Waals surface area contributed by atoms with Crippen LogP contribution >= 0.6 is 0 Å². The second kappa shape index (κ2) is 2.83. The van der Waals surface area contributed by atoms with E-state index >= 15 is 0 Å². The summed E-state index contributed by atoms with van der Waals surface area (Å²) in [6.07, 6.45) is 1.11. The first-order valence-electron chi connectivity index (χ1n) is 5.19. The van der Waals surface area contributed by atoms with Gasteiger partial charge in [0.25, 0.3) is 0 Å². The molecule has 1 aliphatic rings. The summed E-state index contributed by atoms with van der Waals surface area (Å²) >= 11 is 0. The highest BCUT2D eigenvalue weighted by molar-refractivity contribution is 5.26. The van der Waals surface area contributed by atoms with Crippen LogP contribution in [0.1, 0.15) is 44.5 Å². The van der Waals surface area contributed by atoms with Gasteiger partial charge in [0.05, 0.1) is 5.69 Å². The van der Waals surface area contributed by atoms with Crippen LogP contribution in [0.4, 0.5) is 0 Å². The molecule has 78 valence electrons. The average Bonchev–Trinajstić information content (AvgIpc) is 2.58. The van der Waals surface area contributed by atoms with Crippen molar-refractivity contribution < 1.29 is 0 Å². The molecule has 0 bridgehead atoms. The molecule has 0 aliphatic heterocycles. The van der Waals surface area contributed by atoms with Gasteiger partial charge in [-0.25, -0.2) is 0 Å². The lowest BCUT2D eigenvalue weighted by Crippen LogP contribution is -2.12. The molecule has 0 aromatic carbocycles. The van der Waals surface area contributed by atoms with E-state index in [0.29, 0.717) is 12.0 Å². The molecular weight excluding hydrogens is 174 g/mol. The van der Waals surface area contributed by atoms with Crippen LogP contribution in [0, 0.1) is 0 Å². The predicted molar refractivity (Wildman–Crippen MR) is 57.2 cm³/mol. The minimum absolute atomic E-state index is 0.134. The molecule has 0 radical (unpaired) electrons. The molecule has 0 amide bonds. The van der Waals surface area contributed by atoms with E-state index in [4.69, 9.17) is 5.73 Å². The Morgan fingerprint density at radius 3 is 2.43 bits per heavy atom. The van der Waals surface area contributed by atoms with Crippen LogP contribution in [-0.2, 0) is 12.5 Å². The first-order valence-corrected chi connectivity index (χ1v) is 5.19. The second-order valence-electron chi connectivity index (χ2n) is 5.33. The maximum atomic E-state index is 5.84. The van der Waals surface area contributed by atoms with Crippen LogP contribution < -0.4 is 5.73 Å². The fourth-order valence-electron chi connectivity index (χ4n) is 1.75. The Morgan fingerprint density at radius 2 is 2.07 bits per heavy atom. The van der Waals surface area contributed by atoms with Gasteiger partial charge in [-0.1, -0.05) is 20.8 Å². The van der Waals surface area contributed by atoms with Crippen LogP contribution in [-0.4, -0.2) is 15.8 Å². The smallest absolute Gasteiger partial charge is 0.0680 e. The summed E-state index contributed by atoms with van der Waals surface area (Å²) in [4.78, 5) is 0. The molecule has 14 heavy (non-hydrogen) atoms. The SMILES string of the molecule is Cn1nc(C(C)(C)C)cc1[C@@H]1C[C@H]1N. The van der Waals surface area contributed by atoms with E-state index in [-0.39, 0.29) is 5.41 Å². The van der Waals surface area contributed by atoms with Crippen LogP contribution in [0.5, 0.6) is 0 Å². The van der Waals surface area contributed by atoms with Crippen molar-refractivity contribution in [3.63, 3.8) is 0 Å². The standard InChI is InChI=1S/C11H19N3/c1-11(2,3)10-6-9(14(4)13-10)7-5-8(7)12/h6-8H,5,12H2,1-4H3/t7-,8-/m1/s1. The lowest BCUT2D eigenvalue weighted by molar-refractivity contribution is 0.551. The molecule has 0 unspecified atom stereocenters. The van der Waals surface area contributed by atoms with Gasteiger partial charge in [-0.2, -0.15) is 5.10 Å². The summed E-state index contributed by atoms with van der Waals surface area (Å²) in [5, 5.41) is 4.54. The average molecular weight is 193 g/mol. The lowest BCUT2D eigenvalue weighted by atomic mass is 9.92. The topological polar surface area (TPSA) is 43.8 Å². The molecule has 1 aromatic rings. The fraction of sp³-hybridized carbons (Fsp3) is 0.727. The Balaban J connectivity index is 2.31. The van der Waals surface area contributed by atoms with Crippen LogP contribution in [0.3, 0.4) is 0 Å². The summed E-state index contributed by atoms with van der Waals surface area (Å²) in [7, 11) is 2.01. The Hall–Kier alpha value is -0.830. The normalized spacial score (nSPS) is 26.6. The highest BCUT2D eigenvalue weighted by atomic mass is 15.3. The van der Waals surface area contributed by atoms with Crippen molar-refractivity contribution in [2.45, 2.75) is 44.6 Å². The first kappa shape index (κ1) is 9.71. The van der Waals surface area contributed by atoms with Crippen molar-refractivity contribution in [1.82, 2.24) is 9.78 Å². The molecule has 2 rings (SSSR count). The predicted octanol–water partition coefficient (Wildman–Crippen LogP) is 1.53. The van der Waals surface area contributed by atoms with Gasteiger partial charge in [-0.3, -0.25) is 4.68 Å². The van der Waals surface area contributed by atoms with Gasteiger partial charge >= 0.3 is 0 Å². The van der Waals surface area contributed by atoms with Gasteiger partial charge in [0, 0.05) is 30.1 Å². The van der Waals surface area contributed by atoms with Crippen molar-refractivity contribution in [3.05, 3.63) is 17.5 Å². The molecule has 1 heterocycles. The Morgan fingerprint density at radius 1 is 1.50 bits per heavy atom. The maximum Gasteiger partial charge on any atom is 0.0680 e. The van der Waals surface area contributed by atoms with Crippen LogP contribution in [0.25, 0.3) is 0 Å². The molecule has 1 aliphatic carbocycles. The van der Waals surface area contributed by atoms with E-state index in [1.807, 2.05) is 11.7 Å². The minimum Gasteiger partial charge on any atom is -0.327 e. The summed E-state index contributed by atoms with van der Waals surface area (Å²) in [6.45, 7) is 6.56. The highest BCUT2D eigenvalue weighted by Crippen LogP contribution is 2.39. The van der Waals surface area contributed by atoms with Gasteiger partial charge in [0.1, 0.15) is 0 Å². The molecule has 0 spiro atoms. The summed E-state index contributed by atoms with van der Waals surface area (Å²) in [6, 6.07) is 2.57. The van der Waals surface area contributed by atoms with Gasteiger partial charge in [0.15, 0.2) is 0 Å². The number of aryl methyl sites for hydroxylation is 1. The van der Waals surface area contributed by atoms with Crippen molar-refractivity contribution in [2.24, 2.45) is 12.8 Å². The second-order valence-corrected chi connectivity index (χ2v) is 5.33. The van der Waals surface area contributed by atoms with E-state index in [0.717, 1.165) is 12.1 Å². The van der Waals surface area contributed by atoms with Gasteiger partial charge in [-0.05, 0) is 12.5 Å². The third-order valence-corrected chi connectivity index (χ3v) is 2.90. The molecule has 3 nitrogen and oxygen atoms in total. The third-order valence-electron chi connectivity index (χ3n) is 2.90. The zero-order chi connectivity index (χ0) is 10.5. The number of rotatable bonds is 1. The number of aromatic nitrogens is 2. The summed E-state index contributed by atoms with van der Waals surface area (Å²) in [5.41, 5.74) is 8.43. The quantitative estimate of drug-likeness (QED) is 0.735. The van der Waals surface area contributed by atoms with Gasteiger partial charge in [0.2, 0.25) is 0 Å². The first-order chi connectivity index (χ1) is 6.39. The molecule has 3 heteroatoms. The van der Waals surface area contributed by atoms with E-state index in [1.165, 1.54) is 5.69 Å². The Kier molecular flexibility index (Phi) is 1.96. The molecule has 0 saturated heterocycles. The molecule has 1 aromatic heterocycles. The Labute approximate surface area is 85.3 Å². The van der Waals surface area contributed by atoms with Gasteiger partial charge in [-0.15, -0.1) is 0 Å². The van der Waals surface area contributed by atoms with E-state index < -0.39 is 0 Å². The summed E-state index contributed by atoms with van der Waals surface area (Å²) < 4.78 is 1.98. The molecule has 2 atom stereocenters. The zero-order valence-electron chi connectivity index (χ0n) is 9.41. The largest absolute Gasteiger partial charge is 0.327 e. The van der Waals surface area contributed by atoms with Crippen molar-refractivity contribution >= 4 is 0 Å². The van der Waals surface area contributed by atoms with E-state index in [2.05, 4.69) is 31.9 Å². The number of nitrogens with zero attached hydrogens (tertiary/aromatic N) is 2. The minimum atomic E-state index is 0.134. The number of hydrogen-bond donors (Lipinski definition) is 1. The number of hydrogen-bond acceptors (Lipinski definition) is 2. The van der Waals surface area contributed by atoms with Crippen molar-refractivity contribution in [1.29, 1.82) is 0 Å². The van der Waals surface area contributed by atoms with E-state index in [9.17, 15) is 0 Å². The molecular formula is C11H19N3. The zero-order valence-corrected chi connectivity index (χ0v) is 9.41. The van der Waals surface area contributed by atoms with Crippen LogP contribution in [0.2, 0.25) is 0 Å². The third kappa shape index (κ3) is 1.57. The van der Waals surface area contributed by atoms with Crippen LogP contribution in [0.15, 0.2) is 6.07 Å². The van der Waals surface area contributed by atoms with Crippen molar-refractivity contribution in [3.8, 4) is 0 Å². The van der Waals surface area contributed by atoms with Crippen molar-refractivity contribution in [2.75, 3.05) is 0 Å². The lowest BCUT2D eigenvalue weighted by Gasteiger charge is -2.13. The fourth-order valence-corrected chi connectivity index (χ4v) is 1.75. The maximum absolute atomic E-state index is 5.84. The highest BCUT2D eigenvalue weighted by Gasteiger charge is 2.38. The van der Waals surface area contributed by atoms with E-state index in [1.54, 1.807) is 0 Å².